The van der Waals surface area contributed by atoms with E-state index < -0.39 is 5.60 Å². The Kier molecular flexibility index (Phi) is 6.42. The van der Waals surface area contributed by atoms with Gasteiger partial charge in [-0.2, -0.15) is 0 Å². The van der Waals surface area contributed by atoms with Gasteiger partial charge >= 0.3 is 6.09 Å². The van der Waals surface area contributed by atoms with Crippen molar-refractivity contribution in [3.63, 3.8) is 0 Å². The van der Waals surface area contributed by atoms with Crippen LogP contribution < -0.4 is 0 Å². The molecule has 1 unspecified atom stereocenters. The number of pyridine rings is 1. The number of rotatable bonds is 2. The molecule has 164 valence electrons. The number of allylic oxidation sites excluding steroid dienone is 1. The first-order valence-corrected chi connectivity index (χ1v) is 12.0. The van der Waals surface area contributed by atoms with E-state index in [2.05, 4.69) is 39.0 Å². The maximum atomic E-state index is 12.5. The Morgan fingerprint density at radius 3 is 2.65 bits per heavy atom. The summed E-state index contributed by atoms with van der Waals surface area (Å²) >= 11 is 10.0. The summed E-state index contributed by atoms with van der Waals surface area (Å²) < 4.78 is 5.56. The van der Waals surface area contributed by atoms with Crippen molar-refractivity contribution in [1.82, 2.24) is 14.8 Å². The zero-order chi connectivity index (χ0) is 22.2. The lowest BCUT2D eigenvalue weighted by molar-refractivity contribution is 0.0118. The number of benzene rings is 1. The fraction of sp³-hybridized carbons (Fsp3) is 0.417. The minimum atomic E-state index is -0.492. The van der Waals surface area contributed by atoms with Gasteiger partial charge in [0.15, 0.2) is 0 Å². The number of aromatic nitrogens is 1. The number of halogens is 2. The number of amides is 1. The highest BCUT2D eigenvalue weighted by Crippen LogP contribution is 2.40. The Bertz CT molecular complexity index is 1010. The van der Waals surface area contributed by atoms with Gasteiger partial charge in [-0.3, -0.25) is 9.88 Å². The first-order chi connectivity index (χ1) is 14.8. The highest BCUT2D eigenvalue weighted by molar-refractivity contribution is 9.09. The van der Waals surface area contributed by atoms with Crippen LogP contribution >= 0.6 is 27.5 Å². The molecule has 31 heavy (non-hydrogen) atoms. The smallest absolute Gasteiger partial charge is 0.410 e. The predicted molar refractivity (Wildman–Crippen MR) is 129 cm³/mol. The van der Waals surface area contributed by atoms with Crippen molar-refractivity contribution < 1.29 is 9.53 Å². The van der Waals surface area contributed by atoms with Crippen LogP contribution in [0.5, 0.6) is 0 Å². The van der Waals surface area contributed by atoms with Gasteiger partial charge in [-0.1, -0.05) is 39.7 Å². The number of alkyl halides is 1. The molecule has 0 bridgehead atoms. The Morgan fingerprint density at radius 2 is 1.97 bits per heavy atom. The van der Waals surface area contributed by atoms with E-state index in [1.165, 1.54) is 11.1 Å². The van der Waals surface area contributed by atoms with E-state index in [0.29, 0.717) is 13.1 Å². The molecule has 1 aromatic carbocycles. The van der Waals surface area contributed by atoms with Crippen molar-refractivity contribution in [3.8, 4) is 0 Å². The van der Waals surface area contributed by atoms with Gasteiger partial charge in [0.05, 0.1) is 11.7 Å². The summed E-state index contributed by atoms with van der Waals surface area (Å²) in [6, 6.07) is 10.2. The van der Waals surface area contributed by atoms with Crippen molar-refractivity contribution in [2.45, 2.75) is 32.4 Å². The third kappa shape index (κ3) is 4.81. The molecule has 0 N–H and O–H groups in total. The number of nitrogens with zero attached hydrogens (tertiary/aromatic N) is 3. The molecular formula is C24H27BrClN3O2. The highest BCUT2D eigenvalue weighted by Gasteiger charge is 2.34. The summed E-state index contributed by atoms with van der Waals surface area (Å²) in [4.78, 5) is 21.5. The molecule has 2 aromatic rings. The Hall–Kier alpha value is -1.89. The molecule has 0 spiro atoms. The number of hydrogen-bond donors (Lipinski definition) is 0. The van der Waals surface area contributed by atoms with Crippen molar-refractivity contribution in [2.24, 2.45) is 0 Å². The Morgan fingerprint density at radius 1 is 1.23 bits per heavy atom. The fourth-order valence-corrected chi connectivity index (χ4v) is 4.84. The van der Waals surface area contributed by atoms with Crippen LogP contribution in [0.2, 0.25) is 5.02 Å². The molecule has 1 aliphatic carbocycles. The molecule has 5 nitrogen and oxygen atoms in total. The van der Waals surface area contributed by atoms with Gasteiger partial charge in [-0.05, 0) is 67.3 Å². The number of hydrogen-bond acceptors (Lipinski definition) is 4. The highest BCUT2D eigenvalue weighted by atomic mass is 79.9. The van der Waals surface area contributed by atoms with Gasteiger partial charge in [-0.15, -0.1) is 0 Å². The molecule has 1 fully saturated rings. The third-order valence-corrected chi connectivity index (χ3v) is 6.43. The molecular weight excluding hydrogens is 478 g/mol. The average molecular weight is 505 g/mol. The minimum Gasteiger partial charge on any atom is -0.444 e. The second-order valence-corrected chi connectivity index (χ2v) is 9.92. The summed E-state index contributed by atoms with van der Waals surface area (Å²) in [5.41, 5.74) is 5.17. The van der Waals surface area contributed by atoms with E-state index in [-0.39, 0.29) is 12.1 Å². The first-order valence-electron chi connectivity index (χ1n) is 10.5. The normalized spacial score (nSPS) is 19.2. The summed E-state index contributed by atoms with van der Waals surface area (Å²) in [6.07, 6.45) is 3.80. The van der Waals surface area contributed by atoms with E-state index in [4.69, 9.17) is 21.3 Å². The molecule has 1 saturated heterocycles. The Labute approximate surface area is 197 Å². The van der Waals surface area contributed by atoms with E-state index in [1.54, 1.807) is 4.90 Å². The lowest BCUT2D eigenvalue weighted by Crippen LogP contribution is -2.51. The Balaban J connectivity index is 1.66. The van der Waals surface area contributed by atoms with Gasteiger partial charge in [0.25, 0.3) is 0 Å². The van der Waals surface area contributed by atoms with Crippen molar-refractivity contribution in [3.05, 3.63) is 63.9 Å². The number of carbonyl (C=O) groups is 1. The van der Waals surface area contributed by atoms with Crippen LogP contribution in [0.3, 0.4) is 0 Å². The van der Waals surface area contributed by atoms with Crippen molar-refractivity contribution >= 4 is 45.3 Å². The van der Waals surface area contributed by atoms with Crippen LogP contribution in [0.4, 0.5) is 4.79 Å². The van der Waals surface area contributed by atoms with E-state index in [9.17, 15) is 4.79 Å². The van der Waals surface area contributed by atoms with Gasteiger partial charge in [0.1, 0.15) is 5.60 Å². The van der Waals surface area contributed by atoms with Gasteiger partial charge < -0.3 is 9.64 Å². The second-order valence-electron chi connectivity index (χ2n) is 8.92. The maximum Gasteiger partial charge on any atom is 0.410 e. The first kappa shape index (κ1) is 22.3. The average Bonchev–Trinajstić information content (AvgIpc) is 2.86. The summed E-state index contributed by atoms with van der Waals surface area (Å²) in [6.45, 7) is 8.41. The number of ether oxygens (including phenoxy) is 1. The van der Waals surface area contributed by atoms with Crippen LogP contribution in [0.1, 0.15) is 49.2 Å². The SMILES string of the molecule is CC(C)(C)OC(=O)N1CCN(C2c3ccc(Cl)cc3C(CBr)=Cc3cccnc32)CC1. The molecule has 1 aromatic heterocycles. The van der Waals surface area contributed by atoms with Crippen LogP contribution in [0.15, 0.2) is 36.5 Å². The van der Waals surface area contributed by atoms with Crippen LogP contribution in [0.25, 0.3) is 11.6 Å². The summed E-state index contributed by atoms with van der Waals surface area (Å²) in [5, 5.41) is 1.45. The zero-order valence-electron chi connectivity index (χ0n) is 18.1. The number of carbonyl (C=O) groups excluding carboxylic acids is 1. The number of piperazine rings is 1. The molecule has 2 heterocycles. The van der Waals surface area contributed by atoms with Crippen LogP contribution in [0, 0.1) is 0 Å². The lowest BCUT2D eigenvalue weighted by Gasteiger charge is -2.40. The van der Waals surface area contributed by atoms with E-state index in [1.807, 2.05) is 45.2 Å². The molecule has 1 aliphatic heterocycles. The second kappa shape index (κ2) is 8.93. The van der Waals surface area contributed by atoms with Crippen molar-refractivity contribution in [2.75, 3.05) is 31.5 Å². The van der Waals surface area contributed by atoms with Crippen LogP contribution in [-0.4, -0.2) is 58.0 Å². The predicted octanol–water partition coefficient (Wildman–Crippen LogP) is 5.63. The van der Waals surface area contributed by atoms with E-state index >= 15 is 0 Å². The molecule has 7 heteroatoms. The monoisotopic (exact) mass is 503 g/mol. The van der Waals surface area contributed by atoms with Crippen LogP contribution in [-0.2, 0) is 4.74 Å². The summed E-state index contributed by atoms with van der Waals surface area (Å²) in [5.74, 6) is 0. The van der Waals surface area contributed by atoms with Crippen molar-refractivity contribution in [1.29, 1.82) is 0 Å². The van der Waals surface area contributed by atoms with Gasteiger partial charge in [0.2, 0.25) is 0 Å². The molecule has 1 amide bonds. The molecule has 1 atom stereocenters. The molecule has 2 aliphatic rings. The molecule has 0 saturated carbocycles. The zero-order valence-corrected chi connectivity index (χ0v) is 20.4. The standard InChI is InChI=1S/C24H27BrClN3O2/c1-24(2,3)31-23(30)29-11-9-28(10-12-29)22-19-7-6-18(26)14-20(19)17(15-25)13-16-5-4-8-27-21(16)22/h4-8,13-14,22H,9-12,15H2,1-3H3. The quantitative estimate of drug-likeness (QED) is 0.498. The lowest BCUT2D eigenvalue weighted by atomic mass is 9.94. The maximum absolute atomic E-state index is 12.5. The number of fused-ring (bicyclic) bond motifs is 2. The molecule has 0 radical (unpaired) electrons. The van der Waals surface area contributed by atoms with Gasteiger partial charge in [-0.25, -0.2) is 4.79 Å². The third-order valence-electron chi connectivity index (χ3n) is 5.59. The summed E-state index contributed by atoms with van der Waals surface area (Å²) in [7, 11) is 0. The minimum absolute atomic E-state index is 0.00273. The largest absolute Gasteiger partial charge is 0.444 e. The van der Waals surface area contributed by atoms with E-state index in [0.717, 1.165) is 40.3 Å². The fourth-order valence-electron chi connectivity index (χ4n) is 4.21. The van der Waals surface area contributed by atoms with Gasteiger partial charge in [0, 0.05) is 42.7 Å². The molecule has 4 rings (SSSR count). The topological polar surface area (TPSA) is 45.7 Å².